The number of carbonyl (C=O) groups is 1. The summed E-state index contributed by atoms with van der Waals surface area (Å²) in [6.07, 6.45) is 0.586. The number of hydrogen-bond acceptors (Lipinski definition) is 4. The van der Waals surface area contributed by atoms with Gasteiger partial charge in [-0.05, 0) is 55.3 Å². The second kappa shape index (κ2) is 10.5. The summed E-state index contributed by atoms with van der Waals surface area (Å²) in [6.45, 7) is 3.18. The van der Waals surface area contributed by atoms with Crippen molar-refractivity contribution < 1.29 is 22.3 Å². The van der Waals surface area contributed by atoms with Gasteiger partial charge in [0.15, 0.2) is 0 Å². The first kappa shape index (κ1) is 24.3. The predicted octanol–water partition coefficient (Wildman–Crippen LogP) is 4.61. The Hall–Kier alpha value is -3.39. The number of amides is 1. The van der Waals surface area contributed by atoms with E-state index in [0.717, 1.165) is 21.5 Å². The normalized spacial score (nSPS) is 12.1. The maximum Gasteiger partial charge on any atom is 0.264 e. The van der Waals surface area contributed by atoms with Crippen LogP contribution in [0.1, 0.15) is 30.5 Å². The van der Waals surface area contributed by atoms with E-state index in [-0.39, 0.29) is 16.6 Å². The zero-order valence-electron chi connectivity index (χ0n) is 18.8. The fourth-order valence-electron chi connectivity index (χ4n) is 3.42. The monoisotopic (exact) mass is 470 g/mol. The van der Waals surface area contributed by atoms with Gasteiger partial charge in [-0.2, -0.15) is 0 Å². The molecule has 174 valence electrons. The molecule has 0 fully saturated rings. The van der Waals surface area contributed by atoms with Crippen LogP contribution in [-0.2, 0) is 14.8 Å². The average molecular weight is 471 g/mol. The van der Waals surface area contributed by atoms with Gasteiger partial charge in [-0.15, -0.1) is 0 Å². The van der Waals surface area contributed by atoms with Crippen molar-refractivity contribution in [3.05, 3.63) is 89.7 Å². The summed E-state index contributed by atoms with van der Waals surface area (Å²) in [5.74, 6) is -0.588. The highest BCUT2D eigenvalue weighted by atomic mass is 32.2. The Morgan fingerprint density at radius 2 is 1.67 bits per heavy atom. The lowest BCUT2D eigenvalue weighted by Gasteiger charge is -2.26. The number of hydrogen-bond donors (Lipinski definition) is 1. The molecule has 0 bridgehead atoms. The fourth-order valence-corrected chi connectivity index (χ4v) is 4.85. The lowest BCUT2D eigenvalue weighted by atomic mass is 10.0. The van der Waals surface area contributed by atoms with Crippen LogP contribution < -0.4 is 14.4 Å². The zero-order valence-corrected chi connectivity index (χ0v) is 19.6. The van der Waals surface area contributed by atoms with Crippen LogP contribution in [0.4, 0.5) is 10.1 Å². The number of methoxy groups -OCH3 is 1. The number of para-hydroxylation sites is 1. The van der Waals surface area contributed by atoms with Crippen LogP contribution in [0.5, 0.6) is 5.75 Å². The molecule has 0 saturated heterocycles. The molecule has 0 aliphatic heterocycles. The third-order valence-corrected chi connectivity index (χ3v) is 7.05. The molecule has 1 N–H and O–H groups in total. The number of ether oxygens (including phenoxy) is 1. The van der Waals surface area contributed by atoms with Crippen LogP contribution in [0.3, 0.4) is 0 Å². The molecule has 0 aromatic heterocycles. The summed E-state index contributed by atoms with van der Waals surface area (Å²) in [4.78, 5) is 12.9. The Morgan fingerprint density at radius 3 is 2.24 bits per heavy atom. The zero-order chi connectivity index (χ0) is 24.0. The SMILES string of the molecule is CC[C@@H](NC(=O)CN(c1ccccc1F)S(=O)(=O)c1ccc(C)cc1)c1ccc(OC)cc1. The minimum atomic E-state index is -4.19. The highest BCUT2D eigenvalue weighted by Gasteiger charge is 2.29. The molecule has 3 rings (SSSR count). The lowest BCUT2D eigenvalue weighted by molar-refractivity contribution is -0.120. The number of benzene rings is 3. The molecular formula is C25H27FN2O4S. The van der Waals surface area contributed by atoms with E-state index in [1.54, 1.807) is 31.4 Å². The van der Waals surface area contributed by atoms with Crippen LogP contribution in [0, 0.1) is 12.7 Å². The molecule has 1 amide bonds. The molecule has 6 nitrogen and oxygen atoms in total. The number of rotatable bonds is 9. The molecule has 0 aliphatic rings. The third-order valence-electron chi connectivity index (χ3n) is 5.28. The molecule has 0 unspecified atom stereocenters. The van der Waals surface area contributed by atoms with Gasteiger partial charge in [-0.25, -0.2) is 12.8 Å². The minimum Gasteiger partial charge on any atom is -0.497 e. The molecule has 0 heterocycles. The predicted molar refractivity (Wildman–Crippen MR) is 126 cm³/mol. The van der Waals surface area contributed by atoms with E-state index in [9.17, 15) is 17.6 Å². The van der Waals surface area contributed by atoms with Crippen molar-refractivity contribution in [3.63, 3.8) is 0 Å². The van der Waals surface area contributed by atoms with Crippen LogP contribution >= 0.6 is 0 Å². The number of anilines is 1. The van der Waals surface area contributed by atoms with Gasteiger partial charge in [0.25, 0.3) is 10.0 Å². The second-order valence-electron chi connectivity index (χ2n) is 7.58. The van der Waals surface area contributed by atoms with Gasteiger partial charge in [0, 0.05) is 0 Å². The first-order valence-corrected chi connectivity index (χ1v) is 12.0. The van der Waals surface area contributed by atoms with Crippen LogP contribution in [0.15, 0.2) is 77.7 Å². The maximum absolute atomic E-state index is 14.6. The van der Waals surface area contributed by atoms with E-state index < -0.39 is 28.3 Å². The first-order chi connectivity index (χ1) is 15.8. The summed E-state index contributed by atoms with van der Waals surface area (Å²) in [5, 5.41) is 2.86. The van der Waals surface area contributed by atoms with Gasteiger partial charge < -0.3 is 10.1 Å². The van der Waals surface area contributed by atoms with Gasteiger partial charge >= 0.3 is 0 Å². The van der Waals surface area contributed by atoms with Crippen molar-refractivity contribution in [1.82, 2.24) is 5.32 Å². The van der Waals surface area contributed by atoms with Crippen molar-refractivity contribution in [2.45, 2.75) is 31.2 Å². The van der Waals surface area contributed by atoms with Crippen LogP contribution in [0.25, 0.3) is 0 Å². The van der Waals surface area contributed by atoms with Gasteiger partial charge in [-0.3, -0.25) is 9.10 Å². The maximum atomic E-state index is 14.6. The minimum absolute atomic E-state index is 0.0219. The smallest absolute Gasteiger partial charge is 0.264 e. The molecule has 0 radical (unpaired) electrons. The molecule has 8 heteroatoms. The number of sulfonamides is 1. The Bertz CT molecular complexity index is 1200. The summed E-state index contributed by atoms with van der Waals surface area (Å²) in [5.41, 5.74) is 1.55. The Morgan fingerprint density at radius 1 is 1.03 bits per heavy atom. The summed E-state index contributed by atoms with van der Waals surface area (Å²) >= 11 is 0. The second-order valence-corrected chi connectivity index (χ2v) is 9.44. The van der Waals surface area contributed by atoms with Crippen molar-refractivity contribution >= 4 is 21.6 Å². The number of nitrogens with one attached hydrogen (secondary N) is 1. The average Bonchev–Trinajstić information content (AvgIpc) is 2.82. The van der Waals surface area contributed by atoms with Gasteiger partial charge in [0.2, 0.25) is 5.91 Å². The Balaban J connectivity index is 1.90. The molecule has 33 heavy (non-hydrogen) atoms. The lowest BCUT2D eigenvalue weighted by Crippen LogP contribution is -2.42. The standard InChI is InChI=1S/C25H27FN2O4S/c1-4-23(19-11-13-20(32-3)14-12-19)27-25(29)17-28(24-8-6-5-7-22(24)26)33(30,31)21-15-9-18(2)10-16-21/h5-16,23H,4,17H2,1-3H3,(H,27,29)/t23-/m1/s1. The highest BCUT2D eigenvalue weighted by Crippen LogP contribution is 2.27. The molecule has 0 saturated carbocycles. The first-order valence-electron chi connectivity index (χ1n) is 10.5. The van der Waals surface area contributed by atoms with Crippen molar-refractivity contribution in [2.24, 2.45) is 0 Å². The molecule has 0 aliphatic carbocycles. The van der Waals surface area contributed by atoms with E-state index in [1.165, 1.54) is 30.3 Å². The Kier molecular flexibility index (Phi) is 7.71. The van der Waals surface area contributed by atoms with Gasteiger partial charge in [0.1, 0.15) is 18.1 Å². The van der Waals surface area contributed by atoms with Gasteiger partial charge in [-0.1, -0.05) is 48.9 Å². The van der Waals surface area contributed by atoms with Crippen molar-refractivity contribution in [2.75, 3.05) is 18.0 Å². The fraction of sp³-hybridized carbons (Fsp3) is 0.240. The van der Waals surface area contributed by atoms with E-state index in [2.05, 4.69) is 5.32 Å². The topological polar surface area (TPSA) is 75.7 Å². The largest absolute Gasteiger partial charge is 0.497 e. The summed E-state index contributed by atoms with van der Waals surface area (Å²) in [7, 11) is -2.62. The van der Waals surface area contributed by atoms with E-state index >= 15 is 0 Å². The van der Waals surface area contributed by atoms with E-state index in [0.29, 0.717) is 12.2 Å². The summed E-state index contributed by atoms with van der Waals surface area (Å²) in [6, 6.07) is 18.6. The molecule has 0 spiro atoms. The van der Waals surface area contributed by atoms with Crippen molar-refractivity contribution in [1.29, 1.82) is 0 Å². The van der Waals surface area contributed by atoms with Gasteiger partial charge in [0.05, 0.1) is 23.7 Å². The van der Waals surface area contributed by atoms with E-state index in [4.69, 9.17) is 4.74 Å². The number of carbonyl (C=O) groups excluding carboxylic acids is 1. The quantitative estimate of drug-likeness (QED) is 0.496. The Labute approximate surface area is 194 Å². The van der Waals surface area contributed by atoms with Crippen LogP contribution in [0.2, 0.25) is 0 Å². The number of halogens is 1. The van der Waals surface area contributed by atoms with Crippen LogP contribution in [-0.4, -0.2) is 28.0 Å². The molecule has 3 aromatic rings. The highest BCUT2D eigenvalue weighted by molar-refractivity contribution is 7.92. The van der Waals surface area contributed by atoms with E-state index in [1.807, 2.05) is 26.0 Å². The third kappa shape index (κ3) is 5.70. The molecular weight excluding hydrogens is 443 g/mol. The number of nitrogens with zero attached hydrogens (tertiary/aromatic N) is 1. The summed E-state index contributed by atoms with van der Waals surface area (Å²) < 4.78 is 47.4. The number of aryl methyl sites for hydroxylation is 1. The molecule has 3 aromatic carbocycles. The molecule has 1 atom stereocenters. The van der Waals surface area contributed by atoms with Crippen molar-refractivity contribution in [3.8, 4) is 5.75 Å².